The molecule has 2 N–H and O–H groups in total. The van der Waals surface area contributed by atoms with Crippen LogP contribution in [0, 0.1) is 5.92 Å². The fourth-order valence-electron chi connectivity index (χ4n) is 3.96. The SMILES string of the molecule is Nc1ccc(CCN2CCCC2C2CCCC2)cc1. The molecule has 0 amide bonds. The predicted octanol–water partition coefficient (Wildman–Crippen LogP) is 3.47. The molecule has 2 heteroatoms. The number of benzene rings is 1. The highest BCUT2D eigenvalue weighted by atomic mass is 15.2. The zero-order valence-electron chi connectivity index (χ0n) is 11.9. The van der Waals surface area contributed by atoms with Crippen molar-refractivity contribution < 1.29 is 0 Å². The van der Waals surface area contributed by atoms with Gasteiger partial charge in [0.15, 0.2) is 0 Å². The normalized spacial score (nSPS) is 25.2. The Bertz CT molecular complexity index is 392. The molecule has 1 aliphatic carbocycles. The fraction of sp³-hybridized carbons (Fsp3) is 0.647. The minimum Gasteiger partial charge on any atom is -0.399 e. The van der Waals surface area contributed by atoms with Crippen LogP contribution in [-0.4, -0.2) is 24.0 Å². The lowest BCUT2D eigenvalue weighted by molar-refractivity contribution is 0.193. The van der Waals surface area contributed by atoms with E-state index < -0.39 is 0 Å². The second-order valence-electron chi connectivity index (χ2n) is 6.28. The van der Waals surface area contributed by atoms with Crippen LogP contribution in [-0.2, 0) is 6.42 Å². The molecule has 0 radical (unpaired) electrons. The Morgan fingerprint density at radius 2 is 1.74 bits per heavy atom. The number of hydrogen-bond donors (Lipinski definition) is 1. The van der Waals surface area contributed by atoms with Gasteiger partial charge < -0.3 is 5.73 Å². The molecule has 1 aromatic rings. The molecule has 2 nitrogen and oxygen atoms in total. The Morgan fingerprint density at radius 1 is 1.00 bits per heavy atom. The second-order valence-corrected chi connectivity index (χ2v) is 6.28. The number of rotatable bonds is 4. The maximum Gasteiger partial charge on any atom is 0.0314 e. The molecule has 1 atom stereocenters. The van der Waals surface area contributed by atoms with Crippen LogP contribution in [0.3, 0.4) is 0 Å². The first-order valence-corrected chi connectivity index (χ1v) is 7.91. The molecule has 1 saturated heterocycles. The van der Waals surface area contributed by atoms with E-state index in [1.165, 1.54) is 63.6 Å². The molecule has 1 aliphatic heterocycles. The lowest BCUT2D eigenvalue weighted by Crippen LogP contribution is -2.36. The first kappa shape index (κ1) is 13.0. The number of hydrogen-bond acceptors (Lipinski definition) is 2. The van der Waals surface area contributed by atoms with Gasteiger partial charge in [0.25, 0.3) is 0 Å². The highest BCUT2D eigenvalue weighted by molar-refractivity contribution is 5.39. The summed E-state index contributed by atoms with van der Waals surface area (Å²) in [6.45, 7) is 2.54. The van der Waals surface area contributed by atoms with E-state index in [2.05, 4.69) is 17.0 Å². The molecule has 0 spiro atoms. The van der Waals surface area contributed by atoms with Crippen molar-refractivity contribution in [2.75, 3.05) is 18.8 Å². The summed E-state index contributed by atoms with van der Waals surface area (Å²) in [7, 11) is 0. The molecule has 1 saturated carbocycles. The van der Waals surface area contributed by atoms with Crippen LogP contribution in [0.15, 0.2) is 24.3 Å². The van der Waals surface area contributed by atoms with E-state index in [4.69, 9.17) is 5.73 Å². The monoisotopic (exact) mass is 258 g/mol. The molecule has 1 aromatic carbocycles. The Hall–Kier alpha value is -1.02. The van der Waals surface area contributed by atoms with Crippen molar-refractivity contribution in [1.29, 1.82) is 0 Å². The first-order valence-electron chi connectivity index (χ1n) is 7.91. The summed E-state index contributed by atoms with van der Waals surface area (Å²) in [6, 6.07) is 9.28. The lowest BCUT2D eigenvalue weighted by Gasteiger charge is -2.29. The van der Waals surface area contributed by atoms with Crippen LogP contribution in [0.1, 0.15) is 44.1 Å². The van der Waals surface area contributed by atoms with Gasteiger partial charge in [-0.15, -0.1) is 0 Å². The largest absolute Gasteiger partial charge is 0.399 e. The molecular formula is C17H26N2. The average molecular weight is 258 g/mol. The van der Waals surface area contributed by atoms with Crippen molar-refractivity contribution in [2.24, 2.45) is 5.92 Å². The summed E-state index contributed by atoms with van der Waals surface area (Å²) in [4.78, 5) is 2.76. The van der Waals surface area contributed by atoms with Crippen molar-refractivity contribution in [3.63, 3.8) is 0 Å². The topological polar surface area (TPSA) is 29.3 Å². The highest BCUT2D eigenvalue weighted by Crippen LogP contribution is 2.35. The maximum absolute atomic E-state index is 5.74. The van der Waals surface area contributed by atoms with Crippen LogP contribution >= 0.6 is 0 Å². The smallest absolute Gasteiger partial charge is 0.0314 e. The van der Waals surface area contributed by atoms with Crippen molar-refractivity contribution in [1.82, 2.24) is 4.90 Å². The minimum atomic E-state index is 0.869. The van der Waals surface area contributed by atoms with E-state index in [-0.39, 0.29) is 0 Å². The predicted molar refractivity (Wildman–Crippen MR) is 81.1 cm³/mol. The molecule has 19 heavy (non-hydrogen) atoms. The van der Waals surface area contributed by atoms with E-state index >= 15 is 0 Å². The Balaban J connectivity index is 1.55. The zero-order chi connectivity index (χ0) is 13.1. The van der Waals surface area contributed by atoms with Gasteiger partial charge >= 0.3 is 0 Å². The molecule has 1 unspecified atom stereocenters. The summed E-state index contributed by atoms with van der Waals surface area (Å²) >= 11 is 0. The zero-order valence-corrected chi connectivity index (χ0v) is 11.9. The quantitative estimate of drug-likeness (QED) is 0.838. The summed E-state index contributed by atoms with van der Waals surface area (Å²) in [5, 5.41) is 0. The van der Waals surface area contributed by atoms with E-state index in [0.717, 1.165) is 17.6 Å². The van der Waals surface area contributed by atoms with Crippen molar-refractivity contribution in [3.8, 4) is 0 Å². The lowest BCUT2D eigenvalue weighted by atomic mass is 9.96. The van der Waals surface area contributed by atoms with E-state index in [1.807, 2.05) is 12.1 Å². The third-order valence-electron chi connectivity index (χ3n) is 5.03. The Kier molecular flexibility index (Phi) is 4.07. The summed E-state index contributed by atoms with van der Waals surface area (Å²) < 4.78 is 0. The third-order valence-corrected chi connectivity index (χ3v) is 5.03. The number of nitrogens with zero attached hydrogens (tertiary/aromatic N) is 1. The van der Waals surface area contributed by atoms with Crippen LogP contribution in [0.2, 0.25) is 0 Å². The van der Waals surface area contributed by atoms with E-state index in [9.17, 15) is 0 Å². The van der Waals surface area contributed by atoms with Gasteiger partial charge in [-0.3, -0.25) is 4.90 Å². The molecule has 2 fully saturated rings. The molecule has 0 aromatic heterocycles. The molecular weight excluding hydrogens is 232 g/mol. The van der Waals surface area contributed by atoms with Gasteiger partial charge in [-0.05, 0) is 62.3 Å². The van der Waals surface area contributed by atoms with Crippen molar-refractivity contribution >= 4 is 5.69 Å². The van der Waals surface area contributed by atoms with Crippen LogP contribution in [0.4, 0.5) is 5.69 Å². The molecule has 104 valence electrons. The van der Waals surface area contributed by atoms with Gasteiger partial charge in [0.2, 0.25) is 0 Å². The standard InChI is InChI=1S/C17H26N2/c18-16-9-7-14(8-10-16)11-13-19-12-3-6-17(19)15-4-1-2-5-15/h7-10,15,17H,1-6,11-13,18H2. The summed E-state index contributed by atoms with van der Waals surface area (Å²) in [5.74, 6) is 0.994. The average Bonchev–Trinajstić information content (AvgIpc) is 3.08. The highest BCUT2D eigenvalue weighted by Gasteiger charge is 2.32. The number of nitrogens with two attached hydrogens (primary N) is 1. The summed E-state index contributed by atoms with van der Waals surface area (Å²) in [6.07, 6.45) is 9.89. The van der Waals surface area contributed by atoms with E-state index in [0.29, 0.717) is 0 Å². The van der Waals surface area contributed by atoms with Crippen molar-refractivity contribution in [2.45, 2.75) is 51.0 Å². The van der Waals surface area contributed by atoms with Gasteiger partial charge in [0.1, 0.15) is 0 Å². The van der Waals surface area contributed by atoms with E-state index in [1.54, 1.807) is 0 Å². The van der Waals surface area contributed by atoms with Gasteiger partial charge in [0, 0.05) is 18.3 Å². The summed E-state index contributed by atoms with van der Waals surface area (Å²) in [5.41, 5.74) is 8.03. The fourth-order valence-corrected chi connectivity index (χ4v) is 3.96. The van der Waals surface area contributed by atoms with Crippen LogP contribution in [0.5, 0.6) is 0 Å². The second kappa shape index (κ2) is 5.96. The molecule has 2 aliphatic rings. The van der Waals surface area contributed by atoms with Gasteiger partial charge in [-0.25, -0.2) is 0 Å². The van der Waals surface area contributed by atoms with Crippen LogP contribution < -0.4 is 5.73 Å². The number of likely N-dealkylation sites (tertiary alicyclic amines) is 1. The molecule has 0 bridgehead atoms. The number of anilines is 1. The number of nitrogen functional groups attached to an aromatic ring is 1. The molecule has 1 heterocycles. The Morgan fingerprint density at radius 3 is 2.47 bits per heavy atom. The third kappa shape index (κ3) is 3.11. The molecule has 3 rings (SSSR count). The van der Waals surface area contributed by atoms with Gasteiger partial charge in [-0.1, -0.05) is 25.0 Å². The van der Waals surface area contributed by atoms with Crippen molar-refractivity contribution in [3.05, 3.63) is 29.8 Å². The van der Waals surface area contributed by atoms with Gasteiger partial charge in [-0.2, -0.15) is 0 Å². The minimum absolute atomic E-state index is 0.869. The first-order chi connectivity index (χ1) is 9.33. The van der Waals surface area contributed by atoms with Crippen LogP contribution in [0.25, 0.3) is 0 Å². The maximum atomic E-state index is 5.74. The Labute approximate surface area is 117 Å². The van der Waals surface area contributed by atoms with Gasteiger partial charge in [0.05, 0.1) is 0 Å².